The third-order valence-electron chi connectivity index (χ3n) is 2.67. The second-order valence-electron chi connectivity index (χ2n) is 4.69. The number of benzene rings is 1. The number of rotatable bonds is 5. The van der Waals surface area contributed by atoms with Crippen molar-refractivity contribution in [3.63, 3.8) is 0 Å². The van der Waals surface area contributed by atoms with Crippen molar-refractivity contribution in [2.75, 3.05) is 0 Å². The summed E-state index contributed by atoms with van der Waals surface area (Å²) in [5, 5.41) is 3.86. The standard InChI is InChI=1S/C14H15BrN2O3/c1-8(2)14-16-13(20-17-14)7-19-12-6-10(15)4-5-11(12)9(3)18/h4-6,8H,7H2,1-3H3. The number of carbonyl (C=O) groups excluding carboxylic acids is 1. The maximum atomic E-state index is 11.5. The van der Waals surface area contributed by atoms with Crippen LogP contribution in [0.2, 0.25) is 0 Å². The van der Waals surface area contributed by atoms with Gasteiger partial charge in [0.15, 0.2) is 18.2 Å². The van der Waals surface area contributed by atoms with E-state index in [0.29, 0.717) is 23.0 Å². The largest absolute Gasteiger partial charge is 0.483 e. The highest BCUT2D eigenvalue weighted by Gasteiger charge is 2.13. The van der Waals surface area contributed by atoms with Crippen LogP contribution in [0, 0.1) is 0 Å². The number of aromatic nitrogens is 2. The van der Waals surface area contributed by atoms with Crippen molar-refractivity contribution >= 4 is 21.7 Å². The van der Waals surface area contributed by atoms with Crippen molar-refractivity contribution in [2.45, 2.75) is 33.3 Å². The molecule has 0 saturated heterocycles. The van der Waals surface area contributed by atoms with Crippen LogP contribution in [0.5, 0.6) is 5.75 Å². The van der Waals surface area contributed by atoms with E-state index in [0.717, 1.165) is 4.47 Å². The van der Waals surface area contributed by atoms with Crippen LogP contribution >= 0.6 is 15.9 Å². The molecule has 0 saturated carbocycles. The SMILES string of the molecule is CC(=O)c1ccc(Br)cc1OCc1nc(C(C)C)no1. The summed E-state index contributed by atoms with van der Waals surface area (Å²) >= 11 is 3.35. The lowest BCUT2D eigenvalue weighted by molar-refractivity contribution is 0.101. The first-order valence-corrected chi connectivity index (χ1v) is 7.02. The number of Topliss-reactive ketones (excluding diaryl/α,β-unsaturated/α-hetero) is 1. The molecule has 1 aromatic carbocycles. The van der Waals surface area contributed by atoms with Gasteiger partial charge in [0.2, 0.25) is 0 Å². The van der Waals surface area contributed by atoms with Gasteiger partial charge in [0.25, 0.3) is 5.89 Å². The molecule has 1 aromatic heterocycles. The van der Waals surface area contributed by atoms with Gasteiger partial charge in [0.1, 0.15) is 5.75 Å². The Morgan fingerprint density at radius 3 is 2.80 bits per heavy atom. The Morgan fingerprint density at radius 1 is 1.45 bits per heavy atom. The van der Waals surface area contributed by atoms with Crippen molar-refractivity contribution in [1.82, 2.24) is 10.1 Å². The molecule has 6 heteroatoms. The van der Waals surface area contributed by atoms with Crippen molar-refractivity contribution in [3.05, 3.63) is 40.0 Å². The third kappa shape index (κ3) is 3.45. The fraction of sp³-hybridized carbons (Fsp3) is 0.357. The summed E-state index contributed by atoms with van der Waals surface area (Å²) in [6, 6.07) is 5.26. The molecule has 0 spiro atoms. The first kappa shape index (κ1) is 14.7. The predicted molar refractivity (Wildman–Crippen MR) is 76.9 cm³/mol. The van der Waals surface area contributed by atoms with Crippen LogP contribution in [-0.2, 0) is 6.61 Å². The maximum Gasteiger partial charge on any atom is 0.264 e. The van der Waals surface area contributed by atoms with Crippen LogP contribution in [-0.4, -0.2) is 15.9 Å². The Morgan fingerprint density at radius 2 is 2.20 bits per heavy atom. The first-order valence-electron chi connectivity index (χ1n) is 6.23. The Bertz CT molecular complexity index is 623. The minimum atomic E-state index is -0.0547. The predicted octanol–water partition coefficient (Wildman–Crippen LogP) is 3.74. The molecule has 0 aliphatic heterocycles. The van der Waals surface area contributed by atoms with Gasteiger partial charge in [-0.05, 0) is 25.1 Å². The van der Waals surface area contributed by atoms with E-state index in [4.69, 9.17) is 9.26 Å². The van der Waals surface area contributed by atoms with Crippen LogP contribution in [0.15, 0.2) is 27.2 Å². The number of nitrogens with zero attached hydrogens (tertiary/aromatic N) is 2. The molecule has 0 fully saturated rings. The third-order valence-corrected chi connectivity index (χ3v) is 3.17. The quantitative estimate of drug-likeness (QED) is 0.777. The van der Waals surface area contributed by atoms with Crippen LogP contribution < -0.4 is 4.74 Å². The number of hydrogen-bond donors (Lipinski definition) is 0. The molecule has 20 heavy (non-hydrogen) atoms. The lowest BCUT2D eigenvalue weighted by Crippen LogP contribution is -2.02. The Hall–Kier alpha value is -1.69. The van der Waals surface area contributed by atoms with Crippen LogP contribution in [0.25, 0.3) is 0 Å². The second-order valence-corrected chi connectivity index (χ2v) is 5.60. The number of halogens is 1. The first-order chi connectivity index (χ1) is 9.47. The Kier molecular flexibility index (Phi) is 4.54. The normalized spacial score (nSPS) is 10.8. The molecule has 0 atom stereocenters. The molecular weight excluding hydrogens is 324 g/mol. The molecule has 0 bridgehead atoms. The monoisotopic (exact) mass is 338 g/mol. The summed E-state index contributed by atoms with van der Waals surface area (Å²) in [6.07, 6.45) is 0. The average molecular weight is 339 g/mol. The van der Waals surface area contributed by atoms with Gasteiger partial charge in [-0.1, -0.05) is 34.9 Å². The topological polar surface area (TPSA) is 65.2 Å². The molecule has 0 aliphatic carbocycles. The summed E-state index contributed by atoms with van der Waals surface area (Å²) in [7, 11) is 0. The van der Waals surface area contributed by atoms with E-state index in [-0.39, 0.29) is 18.3 Å². The van der Waals surface area contributed by atoms with E-state index in [2.05, 4.69) is 26.1 Å². The fourth-order valence-corrected chi connectivity index (χ4v) is 1.95. The van der Waals surface area contributed by atoms with Gasteiger partial charge in [-0.3, -0.25) is 4.79 Å². The van der Waals surface area contributed by atoms with Crippen LogP contribution in [0.3, 0.4) is 0 Å². The minimum Gasteiger partial charge on any atom is -0.483 e. The van der Waals surface area contributed by atoms with Crippen LogP contribution in [0.1, 0.15) is 48.8 Å². The average Bonchev–Trinajstić information content (AvgIpc) is 2.85. The molecule has 0 unspecified atom stereocenters. The van der Waals surface area contributed by atoms with Gasteiger partial charge in [-0.25, -0.2) is 0 Å². The molecule has 106 valence electrons. The minimum absolute atomic E-state index is 0.0547. The zero-order valence-corrected chi connectivity index (χ0v) is 13.1. The van der Waals surface area contributed by atoms with Gasteiger partial charge in [-0.2, -0.15) is 4.98 Å². The summed E-state index contributed by atoms with van der Waals surface area (Å²) in [5.41, 5.74) is 0.525. The van der Waals surface area contributed by atoms with E-state index in [9.17, 15) is 4.79 Å². The Balaban J connectivity index is 2.13. The van der Waals surface area contributed by atoms with Crippen molar-refractivity contribution in [3.8, 4) is 5.75 Å². The van der Waals surface area contributed by atoms with Crippen molar-refractivity contribution < 1.29 is 14.1 Å². The zero-order chi connectivity index (χ0) is 14.7. The second kappa shape index (κ2) is 6.17. The van der Waals surface area contributed by atoms with Gasteiger partial charge in [-0.15, -0.1) is 0 Å². The van der Waals surface area contributed by atoms with Crippen LogP contribution in [0.4, 0.5) is 0 Å². The fourth-order valence-electron chi connectivity index (χ4n) is 1.61. The molecule has 0 amide bonds. The van der Waals surface area contributed by atoms with Crippen molar-refractivity contribution in [1.29, 1.82) is 0 Å². The smallest absolute Gasteiger partial charge is 0.264 e. The molecule has 1 heterocycles. The molecular formula is C14H15BrN2O3. The lowest BCUT2D eigenvalue weighted by atomic mass is 10.1. The van der Waals surface area contributed by atoms with Gasteiger partial charge >= 0.3 is 0 Å². The van der Waals surface area contributed by atoms with Gasteiger partial charge in [0, 0.05) is 10.4 Å². The van der Waals surface area contributed by atoms with E-state index in [1.165, 1.54) is 6.92 Å². The summed E-state index contributed by atoms with van der Waals surface area (Å²) in [4.78, 5) is 15.8. The van der Waals surface area contributed by atoms with E-state index in [1.54, 1.807) is 18.2 Å². The van der Waals surface area contributed by atoms with Gasteiger partial charge in [0.05, 0.1) is 5.56 Å². The highest BCUT2D eigenvalue weighted by atomic mass is 79.9. The lowest BCUT2D eigenvalue weighted by Gasteiger charge is -2.08. The maximum absolute atomic E-state index is 11.5. The van der Waals surface area contributed by atoms with E-state index < -0.39 is 0 Å². The number of ketones is 1. The number of hydrogen-bond acceptors (Lipinski definition) is 5. The molecule has 2 rings (SSSR count). The van der Waals surface area contributed by atoms with Gasteiger partial charge < -0.3 is 9.26 Å². The summed E-state index contributed by atoms with van der Waals surface area (Å²) in [6.45, 7) is 5.60. The van der Waals surface area contributed by atoms with E-state index >= 15 is 0 Å². The molecule has 5 nitrogen and oxygen atoms in total. The van der Waals surface area contributed by atoms with Crippen molar-refractivity contribution in [2.24, 2.45) is 0 Å². The number of carbonyl (C=O) groups is 1. The highest BCUT2D eigenvalue weighted by Crippen LogP contribution is 2.25. The Labute approximate surface area is 125 Å². The molecule has 0 N–H and O–H groups in total. The summed E-state index contributed by atoms with van der Waals surface area (Å²) in [5.74, 6) is 1.68. The molecule has 0 radical (unpaired) electrons. The van der Waals surface area contributed by atoms with E-state index in [1.807, 2.05) is 13.8 Å². The molecule has 2 aromatic rings. The zero-order valence-electron chi connectivity index (χ0n) is 11.5. The summed E-state index contributed by atoms with van der Waals surface area (Å²) < 4.78 is 11.5. The molecule has 0 aliphatic rings. The number of ether oxygens (including phenoxy) is 1. The highest BCUT2D eigenvalue weighted by molar-refractivity contribution is 9.10.